The standard InChI is InChI=1S/C27H29ClF3N3O4S/c1-38-16-2-3-22-18(12-16)24(19(28)15-32-22)23(35)4-5-27(26(36)33-37)6-8-34(9-7-27)10-11-39-17-13-20(29)25(31)21(30)14-17/h2-3,12-15,23,35,37H,4-11H2,1H3,(H,33,36). The number of nitrogens with one attached hydrogen (secondary N) is 1. The number of methoxy groups -OCH3 is 1. The molecule has 0 aliphatic carbocycles. The van der Waals surface area contributed by atoms with Gasteiger partial charge >= 0.3 is 0 Å². The van der Waals surface area contributed by atoms with Gasteiger partial charge < -0.3 is 14.7 Å². The molecule has 1 aliphatic heterocycles. The fraction of sp³-hybridized carbons (Fsp3) is 0.407. The monoisotopic (exact) mass is 583 g/mol. The molecule has 2 heterocycles. The smallest absolute Gasteiger partial charge is 0.249 e. The Morgan fingerprint density at radius 3 is 2.56 bits per heavy atom. The first kappa shape index (κ1) is 29.4. The van der Waals surface area contributed by atoms with Crippen molar-refractivity contribution in [2.75, 3.05) is 32.5 Å². The number of hydroxylamine groups is 1. The van der Waals surface area contributed by atoms with E-state index in [0.717, 1.165) is 12.1 Å². The van der Waals surface area contributed by atoms with Crippen LogP contribution in [0.25, 0.3) is 10.9 Å². The van der Waals surface area contributed by atoms with E-state index in [9.17, 15) is 28.3 Å². The number of amides is 1. The predicted molar refractivity (Wildman–Crippen MR) is 143 cm³/mol. The van der Waals surface area contributed by atoms with E-state index in [4.69, 9.17) is 16.3 Å². The molecule has 39 heavy (non-hydrogen) atoms. The predicted octanol–water partition coefficient (Wildman–Crippen LogP) is 5.51. The maximum atomic E-state index is 13.5. The van der Waals surface area contributed by atoms with Crippen molar-refractivity contribution in [1.29, 1.82) is 0 Å². The number of halogens is 4. The van der Waals surface area contributed by atoms with Crippen molar-refractivity contribution >= 4 is 40.2 Å². The molecule has 0 saturated carbocycles. The number of hydrogen-bond acceptors (Lipinski definition) is 7. The first-order valence-electron chi connectivity index (χ1n) is 12.4. The van der Waals surface area contributed by atoms with Crippen LogP contribution in [-0.4, -0.2) is 58.6 Å². The van der Waals surface area contributed by atoms with Crippen LogP contribution in [0, 0.1) is 22.9 Å². The second-order valence-electron chi connectivity index (χ2n) is 9.57. The Balaban J connectivity index is 1.39. The van der Waals surface area contributed by atoms with E-state index in [1.807, 2.05) is 0 Å². The molecule has 1 unspecified atom stereocenters. The molecule has 1 amide bonds. The molecule has 1 fully saturated rings. The van der Waals surface area contributed by atoms with Crippen LogP contribution in [0.1, 0.15) is 37.4 Å². The van der Waals surface area contributed by atoms with Crippen molar-refractivity contribution in [1.82, 2.24) is 15.4 Å². The highest BCUT2D eigenvalue weighted by Gasteiger charge is 2.41. The molecule has 0 spiro atoms. The number of carbonyl (C=O) groups excluding carboxylic acids is 1. The van der Waals surface area contributed by atoms with Gasteiger partial charge in [-0.2, -0.15) is 0 Å². The Hall–Kier alpha value is -2.57. The Morgan fingerprint density at radius 2 is 1.92 bits per heavy atom. The number of fused-ring (bicyclic) bond motifs is 1. The molecule has 1 aromatic heterocycles. The van der Waals surface area contributed by atoms with Crippen molar-refractivity contribution in [3.05, 3.63) is 64.6 Å². The summed E-state index contributed by atoms with van der Waals surface area (Å²) < 4.78 is 45.4. The highest BCUT2D eigenvalue weighted by atomic mass is 35.5. The quantitative estimate of drug-likeness (QED) is 0.125. The zero-order valence-electron chi connectivity index (χ0n) is 21.2. The van der Waals surface area contributed by atoms with Crippen LogP contribution in [0.2, 0.25) is 5.02 Å². The summed E-state index contributed by atoms with van der Waals surface area (Å²) >= 11 is 7.64. The van der Waals surface area contributed by atoms with Gasteiger partial charge in [-0.05, 0) is 69.1 Å². The van der Waals surface area contributed by atoms with Crippen LogP contribution in [-0.2, 0) is 4.79 Å². The molecule has 7 nitrogen and oxygen atoms in total. The first-order valence-corrected chi connectivity index (χ1v) is 13.8. The number of hydrogen-bond donors (Lipinski definition) is 3. The number of rotatable bonds is 10. The molecule has 1 saturated heterocycles. The number of thioether (sulfide) groups is 1. The van der Waals surface area contributed by atoms with Gasteiger partial charge in [0.25, 0.3) is 0 Å². The number of benzene rings is 2. The van der Waals surface area contributed by atoms with Gasteiger partial charge in [-0.3, -0.25) is 15.0 Å². The number of ether oxygens (including phenoxy) is 1. The molecule has 3 N–H and O–H groups in total. The van der Waals surface area contributed by atoms with E-state index in [0.29, 0.717) is 76.8 Å². The van der Waals surface area contributed by atoms with Crippen LogP contribution in [0.5, 0.6) is 5.75 Å². The topological polar surface area (TPSA) is 94.9 Å². The Bertz CT molecular complexity index is 1320. The van der Waals surface area contributed by atoms with Gasteiger partial charge in [0.05, 0.1) is 29.2 Å². The Morgan fingerprint density at radius 1 is 1.23 bits per heavy atom. The van der Waals surface area contributed by atoms with Crippen molar-refractivity contribution in [2.24, 2.45) is 5.41 Å². The minimum atomic E-state index is -1.49. The molecule has 0 radical (unpaired) electrons. The lowest BCUT2D eigenvalue weighted by Crippen LogP contribution is -2.48. The Labute approximate surface area is 233 Å². The van der Waals surface area contributed by atoms with Crippen molar-refractivity contribution in [2.45, 2.75) is 36.7 Å². The largest absolute Gasteiger partial charge is 0.497 e. The summed E-state index contributed by atoms with van der Waals surface area (Å²) in [6.45, 7) is 1.68. The molecule has 4 rings (SSSR count). The number of aliphatic hydroxyl groups is 1. The maximum absolute atomic E-state index is 13.5. The lowest BCUT2D eigenvalue weighted by molar-refractivity contribution is -0.143. The number of aliphatic hydroxyl groups excluding tert-OH is 1. The lowest BCUT2D eigenvalue weighted by atomic mass is 9.73. The summed E-state index contributed by atoms with van der Waals surface area (Å²) in [6.07, 6.45) is 1.91. The highest BCUT2D eigenvalue weighted by Crippen LogP contribution is 2.41. The van der Waals surface area contributed by atoms with Gasteiger partial charge in [-0.15, -0.1) is 11.8 Å². The van der Waals surface area contributed by atoms with Crippen LogP contribution in [0.3, 0.4) is 0 Å². The zero-order chi connectivity index (χ0) is 28.2. The van der Waals surface area contributed by atoms with Crippen LogP contribution in [0.4, 0.5) is 13.2 Å². The number of carbonyl (C=O) groups is 1. The summed E-state index contributed by atoms with van der Waals surface area (Å²) in [5.41, 5.74) is 2.05. The molecule has 2 aromatic carbocycles. The molecule has 210 valence electrons. The van der Waals surface area contributed by atoms with E-state index in [2.05, 4.69) is 9.88 Å². The molecular weight excluding hydrogens is 555 g/mol. The molecule has 1 aliphatic rings. The second kappa shape index (κ2) is 12.7. The van der Waals surface area contributed by atoms with Crippen molar-refractivity contribution in [3.8, 4) is 5.75 Å². The fourth-order valence-electron chi connectivity index (χ4n) is 5.01. The minimum Gasteiger partial charge on any atom is -0.497 e. The van der Waals surface area contributed by atoms with Crippen LogP contribution in [0.15, 0.2) is 41.4 Å². The van der Waals surface area contributed by atoms with E-state index in [1.54, 1.807) is 30.8 Å². The van der Waals surface area contributed by atoms with Crippen LogP contribution >= 0.6 is 23.4 Å². The molecule has 0 bridgehead atoms. The van der Waals surface area contributed by atoms with E-state index in [-0.39, 0.29) is 6.42 Å². The number of aromatic nitrogens is 1. The Kier molecular flexibility index (Phi) is 9.60. The average Bonchev–Trinajstić information content (AvgIpc) is 2.94. The first-order chi connectivity index (χ1) is 18.7. The molecule has 12 heteroatoms. The third kappa shape index (κ3) is 6.60. The normalized spacial score (nSPS) is 16.3. The lowest BCUT2D eigenvalue weighted by Gasteiger charge is -2.40. The van der Waals surface area contributed by atoms with E-state index in [1.165, 1.54) is 18.0 Å². The second-order valence-corrected chi connectivity index (χ2v) is 11.1. The van der Waals surface area contributed by atoms with Gasteiger partial charge in [0.2, 0.25) is 5.91 Å². The zero-order valence-corrected chi connectivity index (χ0v) is 22.8. The van der Waals surface area contributed by atoms with Crippen molar-refractivity contribution in [3.63, 3.8) is 0 Å². The van der Waals surface area contributed by atoms with E-state index < -0.39 is 34.9 Å². The van der Waals surface area contributed by atoms with Gasteiger partial charge in [0, 0.05) is 34.3 Å². The molecule has 3 aromatic rings. The summed E-state index contributed by atoms with van der Waals surface area (Å²) in [4.78, 5) is 19.5. The third-order valence-electron chi connectivity index (χ3n) is 7.33. The van der Waals surface area contributed by atoms with Crippen molar-refractivity contribution < 1.29 is 33.0 Å². The SMILES string of the molecule is COc1ccc2ncc(Cl)c(C(O)CCC3(C(=O)NO)CCN(CCSc4cc(F)c(F)c(F)c4)CC3)c2c1. The fourth-order valence-corrected chi connectivity index (χ4v) is 6.25. The number of piperidine rings is 1. The van der Waals surface area contributed by atoms with Crippen LogP contribution < -0.4 is 10.2 Å². The minimum absolute atomic E-state index is 0.223. The van der Waals surface area contributed by atoms with Gasteiger partial charge in [-0.1, -0.05) is 11.6 Å². The molecule has 1 atom stereocenters. The molecular formula is C27H29ClF3N3O4S. The summed E-state index contributed by atoms with van der Waals surface area (Å²) in [5, 5.41) is 21.6. The van der Waals surface area contributed by atoms with Gasteiger partial charge in [0.1, 0.15) is 5.75 Å². The summed E-state index contributed by atoms with van der Waals surface area (Å²) in [6, 6.07) is 7.24. The number of pyridine rings is 1. The summed E-state index contributed by atoms with van der Waals surface area (Å²) in [7, 11) is 1.54. The van der Waals surface area contributed by atoms with E-state index >= 15 is 0 Å². The average molecular weight is 584 g/mol. The van der Waals surface area contributed by atoms with Gasteiger partial charge in [-0.25, -0.2) is 18.7 Å². The number of nitrogens with zero attached hydrogens (tertiary/aromatic N) is 2. The van der Waals surface area contributed by atoms with Gasteiger partial charge in [0.15, 0.2) is 17.5 Å². The maximum Gasteiger partial charge on any atom is 0.249 e. The summed E-state index contributed by atoms with van der Waals surface area (Å²) in [5.74, 6) is -3.34. The number of likely N-dealkylation sites (tertiary alicyclic amines) is 1. The third-order valence-corrected chi connectivity index (χ3v) is 8.58. The highest BCUT2D eigenvalue weighted by molar-refractivity contribution is 7.99.